The van der Waals surface area contributed by atoms with Crippen LogP contribution in [-0.2, 0) is 11.2 Å². The third-order valence-electron chi connectivity index (χ3n) is 2.58. The normalized spacial score (nSPS) is 15.2. The summed E-state index contributed by atoms with van der Waals surface area (Å²) in [6.45, 7) is 1.25. The minimum Gasteiger partial charge on any atom is -0.490 e. The minimum absolute atomic E-state index is 0. The van der Waals surface area contributed by atoms with Crippen LogP contribution in [0.25, 0.3) is 0 Å². The Bertz CT molecular complexity index is 425. The van der Waals surface area contributed by atoms with Crippen molar-refractivity contribution in [3.05, 3.63) is 23.8 Å². The number of carbonyl (C=O) groups is 1. The highest BCUT2D eigenvalue weighted by Crippen LogP contribution is 2.30. The molecule has 1 atom stereocenters. The van der Waals surface area contributed by atoms with E-state index in [1.54, 1.807) is 12.1 Å². The van der Waals surface area contributed by atoms with Gasteiger partial charge in [-0.05, 0) is 24.1 Å². The van der Waals surface area contributed by atoms with Crippen LogP contribution in [0, 0.1) is 0 Å². The molecule has 1 heterocycles. The molecule has 1 aromatic rings. The molecule has 1 aliphatic heterocycles. The highest BCUT2D eigenvalue weighted by atomic mass is 35.5. The SMILES string of the molecule is Cl.NC(Cc1ccc2c(c1)OCCCO2)C(=O)O. The van der Waals surface area contributed by atoms with Crippen molar-refractivity contribution in [1.82, 2.24) is 0 Å². The van der Waals surface area contributed by atoms with Gasteiger partial charge >= 0.3 is 5.97 Å². The van der Waals surface area contributed by atoms with E-state index in [1.165, 1.54) is 0 Å². The molecule has 3 N–H and O–H groups in total. The summed E-state index contributed by atoms with van der Waals surface area (Å²) in [4.78, 5) is 10.7. The van der Waals surface area contributed by atoms with E-state index >= 15 is 0 Å². The average Bonchev–Trinajstić information content (AvgIpc) is 2.53. The van der Waals surface area contributed by atoms with Gasteiger partial charge < -0.3 is 20.3 Å². The number of ether oxygens (including phenoxy) is 2. The topological polar surface area (TPSA) is 81.8 Å². The van der Waals surface area contributed by atoms with Crippen molar-refractivity contribution in [3.8, 4) is 11.5 Å². The molecule has 0 spiro atoms. The molecule has 0 aliphatic carbocycles. The highest BCUT2D eigenvalue weighted by Gasteiger charge is 2.15. The van der Waals surface area contributed by atoms with Crippen LogP contribution in [0.2, 0.25) is 0 Å². The van der Waals surface area contributed by atoms with Crippen molar-refractivity contribution in [2.75, 3.05) is 13.2 Å². The van der Waals surface area contributed by atoms with Crippen molar-refractivity contribution >= 4 is 18.4 Å². The largest absolute Gasteiger partial charge is 0.490 e. The number of rotatable bonds is 3. The zero-order valence-electron chi connectivity index (χ0n) is 9.80. The molecule has 0 saturated heterocycles. The van der Waals surface area contributed by atoms with Gasteiger partial charge in [0.25, 0.3) is 0 Å². The molecule has 1 aliphatic rings. The Morgan fingerprint density at radius 1 is 1.33 bits per heavy atom. The summed E-state index contributed by atoms with van der Waals surface area (Å²) >= 11 is 0. The van der Waals surface area contributed by atoms with Gasteiger partial charge in [-0.25, -0.2) is 0 Å². The standard InChI is InChI=1S/C12H15NO4.ClH/c13-9(12(14)15)6-8-2-3-10-11(7-8)17-5-1-4-16-10;/h2-3,7,9H,1,4-6,13H2,(H,14,15);1H. The molecule has 0 saturated carbocycles. The van der Waals surface area contributed by atoms with Crippen LogP contribution in [0.5, 0.6) is 11.5 Å². The van der Waals surface area contributed by atoms with Crippen molar-refractivity contribution in [1.29, 1.82) is 0 Å². The molecule has 1 aromatic carbocycles. The fraction of sp³-hybridized carbons (Fsp3) is 0.417. The van der Waals surface area contributed by atoms with Crippen LogP contribution in [0.3, 0.4) is 0 Å². The predicted molar refractivity (Wildman–Crippen MR) is 68.6 cm³/mol. The van der Waals surface area contributed by atoms with E-state index in [1.807, 2.05) is 6.07 Å². The van der Waals surface area contributed by atoms with Crippen molar-refractivity contribution < 1.29 is 19.4 Å². The van der Waals surface area contributed by atoms with Gasteiger partial charge in [-0.1, -0.05) is 6.07 Å². The van der Waals surface area contributed by atoms with Crippen LogP contribution in [-0.4, -0.2) is 30.3 Å². The van der Waals surface area contributed by atoms with Gasteiger partial charge in [0.05, 0.1) is 13.2 Å². The van der Waals surface area contributed by atoms with Gasteiger partial charge in [0, 0.05) is 6.42 Å². The quantitative estimate of drug-likeness (QED) is 0.865. The number of fused-ring (bicyclic) bond motifs is 1. The van der Waals surface area contributed by atoms with Crippen molar-refractivity contribution in [3.63, 3.8) is 0 Å². The van der Waals surface area contributed by atoms with Gasteiger partial charge in [0.1, 0.15) is 6.04 Å². The lowest BCUT2D eigenvalue weighted by atomic mass is 10.1. The number of nitrogens with two attached hydrogens (primary N) is 1. The van der Waals surface area contributed by atoms with E-state index < -0.39 is 12.0 Å². The van der Waals surface area contributed by atoms with E-state index in [0.29, 0.717) is 24.7 Å². The summed E-state index contributed by atoms with van der Waals surface area (Å²) in [5.41, 5.74) is 6.32. The second-order valence-electron chi connectivity index (χ2n) is 3.98. The first-order chi connectivity index (χ1) is 8.16. The summed E-state index contributed by atoms with van der Waals surface area (Å²) in [7, 11) is 0. The van der Waals surface area contributed by atoms with Crippen LogP contribution in [0.4, 0.5) is 0 Å². The van der Waals surface area contributed by atoms with Crippen LogP contribution >= 0.6 is 12.4 Å². The maximum Gasteiger partial charge on any atom is 0.320 e. The van der Waals surface area contributed by atoms with Gasteiger partial charge in [-0.3, -0.25) is 4.79 Å². The monoisotopic (exact) mass is 273 g/mol. The lowest BCUT2D eigenvalue weighted by Crippen LogP contribution is -2.32. The fourth-order valence-corrected chi connectivity index (χ4v) is 1.68. The number of halogens is 1. The first-order valence-electron chi connectivity index (χ1n) is 5.54. The Kier molecular flexibility index (Phi) is 5.25. The Balaban J connectivity index is 0.00000162. The van der Waals surface area contributed by atoms with E-state index in [-0.39, 0.29) is 18.8 Å². The average molecular weight is 274 g/mol. The summed E-state index contributed by atoms with van der Waals surface area (Å²) in [6, 6.07) is 4.52. The molecule has 5 nitrogen and oxygen atoms in total. The van der Waals surface area contributed by atoms with Gasteiger partial charge in [0.2, 0.25) is 0 Å². The summed E-state index contributed by atoms with van der Waals surface area (Å²) in [6.07, 6.45) is 1.13. The zero-order valence-corrected chi connectivity index (χ0v) is 10.6. The molecule has 1 unspecified atom stereocenters. The van der Waals surface area contributed by atoms with Gasteiger partial charge in [-0.15, -0.1) is 12.4 Å². The summed E-state index contributed by atoms with van der Waals surface area (Å²) < 4.78 is 11.0. The molecule has 0 amide bonds. The lowest BCUT2D eigenvalue weighted by Gasteiger charge is -2.10. The molecule has 2 rings (SSSR count). The molecule has 100 valence electrons. The van der Waals surface area contributed by atoms with Crippen LogP contribution < -0.4 is 15.2 Å². The number of aliphatic carboxylic acids is 1. The Morgan fingerprint density at radius 3 is 2.67 bits per heavy atom. The number of carboxylic acids is 1. The highest BCUT2D eigenvalue weighted by molar-refractivity contribution is 5.85. The van der Waals surface area contributed by atoms with E-state index in [2.05, 4.69) is 0 Å². The predicted octanol–water partition coefficient (Wildman–Crippen LogP) is 1.22. The second-order valence-corrected chi connectivity index (χ2v) is 3.98. The number of hydrogen-bond acceptors (Lipinski definition) is 4. The number of benzene rings is 1. The smallest absolute Gasteiger partial charge is 0.320 e. The van der Waals surface area contributed by atoms with Gasteiger partial charge in [0.15, 0.2) is 11.5 Å². The summed E-state index contributed by atoms with van der Waals surface area (Å²) in [5.74, 6) is 0.366. The molecule has 0 radical (unpaired) electrons. The van der Waals surface area contributed by atoms with E-state index in [0.717, 1.165) is 12.0 Å². The molecule has 0 fully saturated rings. The van der Waals surface area contributed by atoms with Crippen molar-refractivity contribution in [2.24, 2.45) is 5.73 Å². The molecular formula is C12H16ClNO4. The number of carboxylic acid groups (broad SMARTS) is 1. The molecular weight excluding hydrogens is 258 g/mol. The van der Waals surface area contributed by atoms with Crippen molar-refractivity contribution in [2.45, 2.75) is 18.9 Å². The lowest BCUT2D eigenvalue weighted by molar-refractivity contribution is -0.138. The van der Waals surface area contributed by atoms with Gasteiger partial charge in [-0.2, -0.15) is 0 Å². The Hall–Kier alpha value is -1.46. The summed E-state index contributed by atoms with van der Waals surface area (Å²) in [5, 5.41) is 8.75. The zero-order chi connectivity index (χ0) is 12.3. The second kappa shape index (κ2) is 6.47. The first-order valence-corrected chi connectivity index (χ1v) is 5.54. The third kappa shape index (κ3) is 3.51. The third-order valence-corrected chi connectivity index (χ3v) is 2.58. The van der Waals surface area contributed by atoms with E-state index in [9.17, 15) is 4.79 Å². The maximum absolute atomic E-state index is 10.7. The van der Waals surface area contributed by atoms with E-state index in [4.69, 9.17) is 20.3 Å². The molecule has 0 aromatic heterocycles. The Morgan fingerprint density at radius 2 is 2.00 bits per heavy atom. The fourth-order valence-electron chi connectivity index (χ4n) is 1.68. The Labute approximate surface area is 111 Å². The minimum atomic E-state index is -1.00. The molecule has 0 bridgehead atoms. The van der Waals surface area contributed by atoms with Crippen LogP contribution in [0.1, 0.15) is 12.0 Å². The first kappa shape index (κ1) is 14.6. The molecule has 6 heteroatoms. The van der Waals surface area contributed by atoms with Crippen LogP contribution in [0.15, 0.2) is 18.2 Å². The number of hydrogen-bond donors (Lipinski definition) is 2. The molecule has 18 heavy (non-hydrogen) atoms. The maximum atomic E-state index is 10.7.